The van der Waals surface area contributed by atoms with Crippen LogP contribution in [0.2, 0.25) is 5.02 Å². The third-order valence-electron chi connectivity index (χ3n) is 6.16. The van der Waals surface area contributed by atoms with Crippen LogP contribution >= 0.6 is 23.4 Å². The van der Waals surface area contributed by atoms with E-state index in [9.17, 15) is 9.59 Å². The molecule has 7 heteroatoms. The van der Waals surface area contributed by atoms with Crippen LogP contribution < -0.4 is 9.47 Å². The van der Waals surface area contributed by atoms with Gasteiger partial charge in [-0.2, -0.15) is 0 Å². The van der Waals surface area contributed by atoms with E-state index in [0.717, 1.165) is 33.7 Å². The first-order valence-corrected chi connectivity index (χ1v) is 13.5. The molecule has 1 saturated heterocycles. The quantitative estimate of drug-likeness (QED) is 0.211. The summed E-state index contributed by atoms with van der Waals surface area (Å²) in [6.45, 7) is 4.88. The summed E-state index contributed by atoms with van der Waals surface area (Å²) >= 11 is 7.51. The van der Waals surface area contributed by atoms with E-state index in [1.807, 2.05) is 80.6 Å². The number of amides is 2. The smallest absolute Gasteiger partial charge is 0.293 e. The minimum absolute atomic E-state index is 0.212. The zero-order chi connectivity index (χ0) is 26.6. The van der Waals surface area contributed by atoms with E-state index in [1.54, 1.807) is 18.2 Å². The normalized spacial score (nSPS) is 14.5. The first-order chi connectivity index (χ1) is 18.4. The summed E-state index contributed by atoms with van der Waals surface area (Å²) in [4.78, 5) is 27.5. The second-order valence-corrected chi connectivity index (χ2v) is 10.4. The van der Waals surface area contributed by atoms with Gasteiger partial charge in [0.2, 0.25) is 0 Å². The molecule has 0 N–H and O–H groups in total. The number of thioether (sulfide) groups is 1. The van der Waals surface area contributed by atoms with Crippen LogP contribution in [0.15, 0.2) is 83.8 Å². The molecule has 0 atom stereocenters. The molecule has 2 amide bonds. The van der Waals surface area contributed by atoms with Crippen LogP contribution in [0.4, 0.5) is 4.79 Å². The summed E-state index contributed by atoms with van der Waals surface area (Å²) in [7, 11) is 0. The van der Waals surface area contributed by atoms with E-state index in [2.05, 4.69) is 0 Å². The number of imide groups is 1. The van der Waals surface area contributed by atoms with E-state index in [-0.39, 0.29) is 17.7 Å². The molecular formula is C31H26ClNO4S. The minimum Gasteiger partial charge on any atom is -0.490 e. The Morgan fingerprint density at radius 3 is 2.39 bits per heavy atom. The highest BCUT2D eigenvalue weighted by Gasteiger charge is 2.35. The summed E-state index contributed by atoms with van der Waals surface area (Å²) < 4.78 is 11.8. The maximum Gasteiger partial charge on any atom is 0.293 e. The number of fused-ring (bicyclic) bond motifs is 1. The van der Waals surface area contributed by atoms with Crippen molar-refractivity contribution in [1.82, 2.24) is 4.90 Å². The van der Waals surface area contributed by atoms with Crippen molar-refractivity contribution in [1.29, 1.82) is 0 Å². The summed E-state index contributed by atoms with van der Waals surface area (Å²) in [6, 6.07) is 25.5. The van der Waals surface area contributed by atoms with Crippen LogP contribution in [0, 0.1) is 6.92 Å². The standard InChI is InChI=1S/C31H26ClNO4S/c1-3-36-27-16-23(15-26(32)29(27)37-19-21-10-8-20(2)9-11-21)17-28-30(34)33(31(35)38-28)18-22-12-13-24-6-4-5-7-25(24)14-22/h4-17H,3,18-19H2,1-2H3/b28-17-. The van der Waals surface area contributed by atoms with Crippen LogP contribution in [0.1, 0.15) is 29.2 Å². The molecule has 0 aliphatic carbocycles. The van der Waals surface area contributed by atoms with Gasteiger partial charge in [0.25, 0.3) is 11.1 Å². The lowest BCUT2D eigenvalue weighted by Crippen LogP contribution is -2.27. The lowest BCUT2D eigenvalue weighted by molar-refractivity contribution is -0.123. The molecular weight excluding hydrogens is 518 g/mol. The summed E-state index contributed by atoms with van der Waals surface area (Å²) in [6.07, 6.45) is 1.67. The van der Waals surface area contributed by atoms with Crippen LogP contribution in [0.5, 0.6) is 11.5 Å². The van der Waals surface area contributed by atoms with Gasteiger partial charge in [0.15, 0.2) is 11.5 Å². The van der Waals surface area contributed by atoms with Crippen molar-refractivity contribution in [3.05, 3.63) is 111 Å². The maximum atomic E-state index is 13.2. The van der Waals surface area contributed by atoms with Gasteiger partial charge in [0.1, 0.15) is 6.61 Å². The highest BCUT2D eigenvalue weighted by atomic mass is 35.5. The van der Waals surface area contributed by atoms with E-state index < -0.39 is 0 Å². The molecule has 5 nitrogen and oxygen atoms in total. The predicted octanol–water partition coefficient (Wildman–Crippen LogP) is 8.02. The number of benzene rings is 4. The van der Waals surface area contributed by atoms with E-state index in [0.29, 0.717) is 40.2 Å². The fourth-order valence-corrected chi connectivity index (χ4v) is 5.33. The Morgan fingerprint density at radius 2 is 1.63 bits per heavy atom. The highest BCUT2D eigenvalue weighted by Crippen LogP contribution is 2.40. The topological polar surface area (TPSA) is 55.8 Å². The number of halogens is 1. The van der Waals surface area contributed by atoms with E-state index >= 15 is 0 Å². The molecule has 1 aliphatic heterocycles. The van der Waals surface area contributed by atoms with Crippen molar-refractivity contribution in [2.75, 3.05) is 6.61 Å². The number of nitrogens with zero attached hydrogens (tertiary/aromatic N) is 1. The third kappa shape index (κ3) is 5.72. The molecule has 0 unspecified atom stereocenters. The second-order valence-electron chi connectivity index (χ2n) is 8.99. The first kappa shape index (κ1) is 25.9. The minimum atomic E-state index is -0.332. The Morgan fingerprint density at radius 1 is 0.895 bits per heavy atom. The van der Waals surface area contributed by atoms with Crippen LogP contribution in [-0.2, 0) is 17.9 Å². The maximum absolute atomic E-state index is 13.2. The molecule has 4 aromatic carbocycles. The van der Waals surface area contributed by atoms with Gasteiger partial charge in [0, 0.05) is 0 Å². The van der Waals surface area contributed by atoms with E-state index in [1.165, 1.54) is 10.5 Å². The fraction of sp³-hybridized carbons (Fsp3) is 0.161. The molecule has 1 aliphatic rings. The number of aryl methyl sites for hydroxylation is 1. The Kier molecular flexibility index (Phi) is 7.72. The molecule has 0 radical (unpaired) electrons. The summed E-state index contributed by atoms with van der Waals surface area (Å²) in [5.41, 5.74) is 3.73. The second kappa shape index (κ2) is 11.3. The molecule has 1 fully saturated rings. The molecule has 0 saturated carbocycles. The van der Waals surface area contributed by atoms with Crippen LogP contribution in [0.3, 0.4) is 0 Å². The number of ether oxygens (including phenoxy) is 2. The SMILES string of the molecule is CCOc1cc(/C=C2\SC(=O)N(Cc3ccc4ccccc4c3)C2=O)cc(Cl)c1OCc1ccc(C)cc1. The molecule has 192 valence electrons. The van der Waals surface area contributed by atoms with Crippen molar-refractivity contribution in [2.24, 2.45) is 0 Å². The van der Waals surface area contributed by atoms with Gasteiger partial charge in [-0.1, -0.05) is 77.8 Å². The van der Waals surface area contributed by atoms with Crippen molar-refractivity contribution in [3.63, 3.8) is 0 Å². The van der Waals surface area contributed by atoms with Crippen LogP contribution in [0.25, 0.3) is 16.8 Å². The third-order valence-corrected chi connectivity index (χ3v) is 7.35. The number of carbonyl (C=O) groups excluding carboxylic acids is 2. The Hall–Kier alpha value is -3.74. The van der Waals surface area contributed by atoms with Gasteiger partial charge in [-0.3, -0.25) is 14.5 Å². The van der Waals surface area contributed by atoms with Gasteiger partial charge in [-0.25, -0.2) is 0 Å². The first-order valence-electron chi connectivity index (χ1n) is 12.3. The molecule has 0 spiro atoms. The average Bonchev–Trinajstić information content (AvgIpc) is 3.16. The molecule has 0 aromatic heterocycles. The van der Waals surface area contributed by atoms with Gasteiger partial charge in [-0.05, 0) is 77.3 Å². The molecule has 38 heavy (non-hydrogen) atoms. The Bertz CT molecular complexity index is 1550. The molecule has 1 heterocycles. The highest BCUT2D eigenvalue weighted by molar-refractivity contribution is 8.18. The van der Waals surface area contributed by atoms with Gasteiger partial charge < -0.3 is 9.47 Å². The molecule has 4 aromatic rings. The molecule has 0 bridgehead atoms. The number of hydrogen-bond acceptors (Lipinski definition) is 5. The van der Waals surface area contributed by atoms with Crippen molar-refractivity contribution in [2.45, 2.75) is 27.0 Å². The molecule has 5 rings (SSSR count). The monoisotopic (exact) mass is 543 g/mol. The average molecular weight is 544 g/mol. The van der Waals surface area contributed by atoms with E-state index in [4.69, 9.17) is 21.1 Å². The largest absolute Gasteiger partial charge is 0.490 e. The van der Waals surface area contributed by atoms with Crippen molar-refractivity contribution >= 4 is 51.4 Å². The Labute approximate surface area is 231 Å². The van der Waals surface area contributed by atoms with Gasteiger partial charge in [-0.15, -0.1) is 0 Å². The van der Waals surface area contributed by atoms with Gasteiger partial charge >= 0.3 is 0 Å². The predicted molar refractivity (Wildman–Crippen MR) is 154 cm³/mol. The zero-order valence-electron chi connectivity index (χ0n) is 21.1. The summed E-state index contributed by atoms with van der Waals surface area (Å²) in [5, 5.41) is 2.24. The lowest BCUT2D eigenvalue weighted by Gasteiger charge is -2.15. The van der Waals surface area contributed by atoms with Gasteiger partial charge in [0.05, 0.1) is 23.1 Å². The lowest BCUT2D eigenvalue weighted by atomic mass is 10.1. The number of hydrogen-bond donors (Lipinski definition) is 0. The fourth-order valence-electron chi connectivity index (χ4n) is 4.22. The summed E-state index contributed by atoms with van der Waals surface area (Å²) in [5.74, 6) is 0.589. The Balaban J connectivity index is 1.35. The number of carbonyl (C=O) groups is 2. The van der Waals surface area contributed by atoms with Crippen molar-refractivity contribution in [3.8, 4) is 11.5 Å². The zero-order valence-corrected chi connectivity index (χ0v) is 22.6. The number of rotatable bonds is 8. The van der Waals surface area contributed by atoms with Crippen molar-refractivity contribution < 1.29 is 19.1 Å². The van der Waals surface area contributed by atoms with Crippen LogP contribution in [-0.4, -0.2) is 22.7 Å².